The lowest BCUT2D eigenvalue weighted by Crippen LogP contribution is -2.25. The number of hydrogen-bond donors (Lipinski definition) is 2. The lowest BCUT2D eigenvalue weighted by Gasteiger charge is -2.15. The summed E-state index contributed by atoms with van der Waals surface area (Å²) in [5.41, 5.74) is 0.237. The normalized spacial score (nSPS) is 11.4. The standard InChI is InChI=1S/C12H13N3O5/c1-20-9(5-12(16)17)7-14-10-4-8(6-13)2-3-11(10)15(18)19/h2-4,9,14H,5,7H2,1H3,(H,16,17). The molecule has 0 spiro atoms. The largest absolute Gasteiger partial charge is 0.481 e. The summed E-state index contributed by atoms with van der Waals surface area (Å²) in [7, 11) is 1.36. The van der Waals surface area contributed by atoms with Crippen LogP contribution in [0.25, 0.3) is 0 Å². The van der Waals surface area contributed by atoms with Crippen LogP contribution in [0.4, 0.5) is 11.4 Å². The summed E-state index contributed by atoms with van der Waals surface area (Å²) in [6.07, 6.45) is -0.854. The van der Waals surface area contributed by atoms with E-state index >= 15 is 0 Å². The van der Waals surface area contributed by atoms with Gasteiger partial charge in [0.25, 0.3) is 5.69 Å². The second-order valence-electron chi connectivity index (χ2n) is 3.94. The van der Waals surface area contributed by atoms with Crippen molar-refractivity contribution in [1.29, 1.82) is 5.26 Å². The second kappa shape index (κ2) is 7.06. The van der Waals surface area contributed by atoms with Gasteiger partial charge in [-0.05, 0) is 12.1 Å². The maximum atomic E-state index is 10.9. The molecule has 1 unspecified atom stereocenters. The Hall–Kier alpha value is -2.66. The highest BCUT2D eigenvalue weighted by atomic mass is 16.6. The summed E-state index contributed by atoms with van der Waals surface area (Å²) in [5.74, 6) is -1.03. The molecule has 1 aromatic rings. The van der Waals surface area contributed by atoms with Crippen molar-refractivity contribution >= 4 is 17.3 Å². The number of carboxylic acids is 1. The van der Waals surface area contributed by atoms with Gasteiger partial charge in [-0.25, -0.2) is 0 Å². The number of anilines is 1. The van der Waals surface area contributed by atoms with Crippen molar-refractivity contribution in [1.82, 2.24) is 0 Å². The predicted molar refractivity (Wildman–Crippen MR) is 69.4 cm³/mol. The molecule has 1 aromatic carbocycles. The van der Waals surface area contributed by atoms with E-state index in [1.54, 1.807) is 0 Å². The van der Waals surface area contributed by atoms with Crippen molar-refractivity contribution in [3.05, 3.63) is 33.9 Å². The smallest absolute Gasteiger partial charge is 0.306 e. The van der Waals surface area contributed by atoms with Crippen LogP contribution in [0.15, 0.2) is 18.2 Å². The molecule has 8 heteroatoms. The average molecular weight is 279 g/mol. The molecule has 0 aromatic heterocycles. The van der Waals surface area contributed by atoms with Crippen LogP contribution < -0.4 is 5.32 Å². The molecule has 0 aliphatic carbocycles. The van der Waals surface area contributed by atoms with Gasteiger partial charge in [0, 0.05) is 19.7 Å². The van der Waals surface area contributed by atoms with Gasteiger partial charge >= 0.3 is 5.97 Å². The molecule has 106 valence electrons. The highest BCUT2D eigenvalue weighted by Crippen LogP contribution is 2.25. The van der Waals surface area contributed by atoms with E-state index in [0.717, 1.165) is 0 Å². The molecule has 0 saturated carbocycles. The van der Waals surface area contributed by atoms with Crippen molar-refractivity contribution < 1.29 is 19.6 Å². The van der Waals surface area contributed by atoms with Gasteiger partial charge in [-0.1, -0.05) is 0 Å². The maximum absolute atomic E-state index is 10.9. The van der Waals surface area contributed by atoms with Gasteiger partial charge in [-0.2, -0.15) is 5.26 Å². The Bertz CT molecular complexity index is 553. The zero-order valence-electron chi connectivity index (χ0n) is 10.7. The number of nitro groups is 1. The van der Waals surface area contributed by atoms with E-state index in [4.69, 9.17) is 15.1 Å². The highest BCUT2D eigenvalue weighted by Gasteiger charge is 2.17. The molecule has 1 atom stereocenters. The molecule has 8 nitrogen and oxygen atoms in total. The van der Waals surface area contributed by atoms with E-state index < -0.39 is 17.0 Å². The topological polar surface area (TPSA) is 125 Å². The van der Waals surface area contributed by atoms with E-state index in [1.165, 1.54) is 25.3 Å². The molecule has 0 fully saturated rings. The minimum absolute atomic E-state index is 0.0819. The number of ether oxygens (including phenoxy) is 1. The van der Waals surface area contributed by atoms with Crippen molar-refractivity contribution in [2.75, 3.05) is 19.0 Å². The number of carboxylic acid groups (broad SMARTS) is 1. The van der Waals surface area contributed by atoms with Gasteiger partial charge in [-0.15, -0.1) is 0 Å². The van der Waals surface area contributed by atoms with Crippen LogP contribution >= 0.6 is 0 Å². The van der Waals surface area contributed by atoms with E-state index in [9.17, 15) is 14.9 Å². The lowest BCUT2D eigenvalue weighted by molar-refractivity contribution is -0.384. The van der Waals surface area contributed by atoms with Gasteiger partial charge < -0.3 is 15.2 Å². The zero-order chi connectivity index (χ0) is 15.1. The van der Waals surface area contributed by atoms with Gasteiger partial charge in [0.1, 0.15) is 5.69 Å². The molecule has 0 radical (unpaired) electrons. The van der Waals surface area contributed by atoms with Crippen LogP contribution in [0.5, 0.6) is 0 Å². The summed E-state index contributed by atoms with van der Waals surface area (Å²) >= 11 is 0. The molecule has 0 amide bonds. The summed E-state index contributed by atoms with van der Waals surface area (Å²) in [6, 6.07) is 5.78. The third kappa shape index (κ3) is 4.22. The number of hydrogen-bond acceptors (Lipinski definition) is 6. The Balaban J connectivity index is 2.87. The lowest BCUT2D eigenvalue weighted by atomic mass is 10.1. The SMILES string of the molecule is COC(CNc1cc(C#N)ccc1[N+](=O)[O-])CC(=O)O. The molecule has 1 rings (SSSR count). The summed E-state index contributed by atoms with van der Waals surface area (Å²) in [5, 5.41) is 31.1. The summed E-state index contributed by atoms with van der Waals surface area (Å²) in [6.45, 7) is 0.0819. The number of benzene rings is 1. The van der Waals surface area contributed by atoms with Gasteiger partial charge in [0.15, 0.2) is 0 Å². The van der Waals surface area contributed by atoms with Crippen molar-refractivity contribution in [2.24, 2.45) is 0 Å². The number of nitro benzene ring substituents is 1. The molecular formula is C12H13N3O5. The fraction of sp³-hybridized carbons (Fsp3) is 0.333. The van der Waals surface area contributed by atoms with Gasteiger partial charge in [0.05, 0.1) is 29.1 Å². The second-order valence-corrected chi connectivity index (χ2v) is 3.94. The Morgan fingerprint density at radius 2 is 2.35 bits per heavy atom. The molecule has 0 aliphatic heterocycles. The fourth-order valence-corrected chi connectivity index (χ4v) is 1.56. The number of aliphatic carboxylic acids is 1. The Morgan fingerprint density at radius 1 is 1.65 bits per heavy atom. The number of nitriles is 1. The molecular weight excluding hydrogens is 266 g/mol. The number of nitrogens with one attached hydrogen (secondary N) is 1. The van der Waals surface area contributed by atoms with Crippen molar-refractivity contribution in [2.45, 2.75) is 12.5 Å². The Morgan fingerprint density at radius 3 is 2.85 bits per heavy atom. The van der Waals surface area contributed by atoms with Crippen LogP contribution in [-0.2, 0) is 9.53 Å². The molecule has 0 heterocycles. The molecule has 20 heavy (non-hydrogen) atoms. The van der Waals surface area contributed by atoms with Crippen LogP contribution in [0.1, 0.15) is 12.0 Å². The quantitative estimate of drug-likeness (QED) is 0.570. The number of carbonyl (C=O) groups is 1. The van der Waals surface area contributed by atoms with Gasteiger partial charge in [0.2, 0.25) is 0 Å². The summed E-state index contributed by atoms with van der Waals surface area (Å²) in [4.78, 5) is 20.9. The van der Waals surface area contributed by atoms with Crippen LogP contribution in [-0.4, -0.2) is 35.8 Å². The zero-order valence-corrected chi connectivity index (χ0v) is 10.7. The average Bonchev–Trinajstić information content (AvgIpc) is 2.42. The van der Waals surface area contributed by atoms with E-state index in [2.05, 4.69) is 5.32 Å². The third-order valence-corrected chi connectivity index (χ3v) is 2.58. The van der Waals surface area contributed by atoms with E-state index in [-0.39, 0.29) is 29.9 Å². The molecule has 0 aliphatic rings. The van der Waals surface area contributed by atoms with Crippen LogP contribution in [0.2, 0.25) is 0 Å². The van der Waals surface area contributed by atoms with Crippen molar-refractivity contribution in [3.8, 4) is 6.07 Å². The van der Waals surface area contributed by atoms with Gasteiger partial charge in [-0.3, -0.25) is 14.9 Å². The number of nitrogens with zero attached hydrogens (tertiary/aromatic N) is 2. The van der Waals surface area contributed by atoms with Crippen molar-refractivity contribution in [3.63, 3.8) is 0 Å². The first kappa shape index (κ1) is 15.4. The Kier molecular flexibility index (Phi) is 5.43. The minimum atomic E-state index is -1.03. The monoisotopic (exact) mass is 279 g/mol. The number of rotatable bonds is 7. The minimum Gasteiger partial charge on any atom is -0.481 e. The molecule has 0 saturated heterocycles. The molecule has 2 N–H and O–H groups in total. The predicted octanol–water partition coefficient (Wildman–Crippen LogP) is 1.37. The number of methoxy groups -OCH3 is 1. The highest BCUT2D eigenvalue weighted by molar-refractivity contribution is 5.68. The van der Waals surface area contributed by atoms with Crippen LogP contribution in [0, 0.1) is 21.4 Å². The first-order chi connectivity index (χ1) is 9.47. The molecule has 0 bridgehead atoms. The van der Waals surface area contributed by atoms with E-state index in [1.807, 2.05) is 6.07 Å². The first-order valence-corrected chi connectivity index (χ1v) is 5.65. The Labute approximate surface area is 114 Å². The third-order valence-electron chi connectivity index (χ3n) is 2.58. The fourth-order valence-electron chi connectivity index (χ4n) is 1.56. The first-order valence-electron chi connectivity index (χ1n) is 5.65. The van der Waals surface area contributed by atoms with Crippen LogP contribution in [0.3, 0.4) is 0 Å². The maximum Gasteiger partial charge on any atom is 0.306 e. The summed E-state index contributed by atoms with van der Waals surface area (Å²) < 4.78 is 4.96. The van der Waals surface area contributed by atoms with E-state index in [0.29, 0.717) is 0 Å².